The van der Waals surface area contributed by atoms with Crippen molar-refractivity contribution in [3.8, 4) is 0 Å². The van der Waals surface area contributed by atoms with Gasteiger partial charge in [0.1, 0.15) is 0 Å². The first kappa shape index (κ1) is 12.4. The molecule has 94 valence electrons. The highest BCUT2D eigenvalue weighted by Gasteiger charge is 2.32. The summed E-state index contributed by atoms with van der Waals surface area (Å²) >= 11 is 0. The molecule has 1 atom stereocenters. The van der Waals surface area contributed by atoms with E-state index in [9.17, 15) is 0 Å². The average molecular weight is 225 g/mol. The van der Waals surface area contributed by atoms with Gasteiger partial charge in [0, 0.05) is 19.3 Å². The summed E-state index contributed by atoms with van der Waals surface area (Å²) in [6.07, 6.45) is 6.84. The molecular formula is C14H27NO. The summed E-state index contributed by atoms with van der Waals surface area (Å²) in [4.78, 5) is 0. The third-order valence-corrected chi connectivity index (χ3v) is 3.74. The highest BCUT2D eigenvalue weighted by Crippen LogP contribution is 2.35. The molecule has 0 aromatic heterocycles. The molecule has 0 radical (unpaired) electrons. The van der Waals surface area contributed by atoms with Gasteiger partial charge >= 0.3 is 0 Å². The molecule has 2 fully saturated rings. The van der Waals surface area contributed by atoms with E-state index in [1.54, 1.807) is 0 Å². The third-order valence-electron chi connectivity index (χ3n) is 3.74. The lowest BCUT2D eigenvalue weighted by Crippen LogP contribution is -2.36. The molecule has 2 saturated carbocycles. The average Bonchev–Trinajstić information content (AvgIpc) is 3.10. The van der Waals surface area contributed by atoms with Crippen LogP contribution in [-0.4, -0.2) is 25.8 Å². The van der Waals surface area contributed by atoms with Crippen molar-refractivity contribution in [1.29, 1.82) is 0 Å². The molecule has 2 rings (SSSR count). The Morgan fingerprint density at radius 1 is 1.19 bits per heavy atom. The van der Waals surface area contributed by atoms with Crippen molar-refractivity contribution < 1.29 is 4.74 Å². The van der Waals surface area contributed by atoms with Gasteiger partial charge in [-0.2, -0.15) is 0 Å². The third kappa shape index (κ3) is 4.42. The summed E-state index contributed by atoms with van der Waals surface area (Å²) < 4.78 is 5.64. The SMILES string of the molecule is CC(C)C(NCCCOCC1CC1)C1CC1. The molecule has 0 amide bonds. The molecule has 0 aliphatic heterocycles. The Hall–Kier alpha value is -0.0800. The van der Waals surface area contributed by atoms with E-state index >= 15 is 0 Å². The van der Waals surface area contributed by atoms with Crippen LogP contribution in [0.4, 0.5) is 0 Å². The fourth-order valence-electron chi connectivity index (χ4n) is 2.38. The fraction of sp³-hybridized carbons (Fsp3) is 1.00. The Labute approximate surface area is 100 Å². The van der Waals surface area contributed by atoms with E-state index in [0.29, 0.717) is 0 Å². The molecule has 2 aliphatic carbocycles. The van der Waals surface area contributed by atoms with Gasteiger partial charge < -0.3 is 10.1 Å². The van der Waals surface area contributed by atoms with Crippen molar-refractivity contribution in [1.82, 2.24) is 5.32 Å². The number of ether oxygens (including phenoxy) is 1. The summed E-state index contributed by atoms with van der Waals surface area (Å²) in [5.74, 6) is 2.65. The highest BCUT2D eigenvalue weighted by atomic mass is 16.5. The van der Waals surface area contributed by atoms with Crippen LogP contribution in [0, 0.1) is 17.8 Å². The lowest BCUT2D eigenvalue weighted by atomic mass is 9.99. The van der Waals surface area contributed by atoms with Gasteiger partial charge in [-0.1, -0.05) is 13.8 Å². The quantitative estimate of drug-likeness (QED) is 0.609. The van der Waals surface area contributed by atoms with Crippen molar-refractivity contribution in [2.24, 2.45) is 17.8 Å². The number of rotatable bonds is 9. The molecule has 0 spiro atoms. The Kier molecular flexibility index (Phi) is 4.66. The zero-order chi connectivity index (χ0) is 11.4. The first-order chi connectivity index (χ1) is 7.77. The predicted octanol–water partition coefficient (Wildman–Crippen LogP) is 2.83. The summed E-state index contributed by atoms with van der Waals surface area (Å²) in [5, 5.41) is 3.70. The van der Waals surface area contributed by atoms with Gasteiger partial charge in [-0.15, -0.1) is 0 Å². The van der Waals surface area contributed by atoms with Crippen molar-refractivity contribution in [2.45, 2.75) is 52.0 Å². The predicted molar refractivity (Wildman–Crippen MR) is 67.5 cm³/mol. The van der Waals surface area contributed by atoms with Gasteiger partial charge in [0.15, 0.2) is 0 Å². The van der Waals surface area contributed by atoms with E-state index in [2.05, 4.69) is 19.2 Å². The van der Waals surface area contributed by atoms with Crippen LogP contribution in [0.15, 0.2) is 0 Å². The maximum absolute atomic E-state index is 5.64. The summed E-state index contributed by atoms with van der Waals surface area (Å²) in [6, 6.07) is 0.753. The monoisotopic (exact) mass is 225 g/mol. The van der Waals surface area contributed by atoms with Gasteiger partial charge in [-0.05, 0) is 56.4 Å². The van der Waals surface area contributed by atoms with Crippen molar-refractivity contribution in [3.63, 3.8) is 0 Å². The largest absolute Gasteiger partial charge is 0.381 e. The van der Waals surface area contributed by atoms with Crippen LogP contribution in [0.3, 0.4) is 0 Å². The van der Waals surface area contributed by atoms with Crippen LogP contribution in [0.25, 0.3) is 0 Å². The zero-order valence-corrected chi connectivity index (χ0v) is 10.9. The van der Waals surface area contributed by atoms with Gasteiger partial charge in [-0.3, -0.25) is 0 Å². The second-order valence-electron chi connectivity index (χ2n) is 5.93. The zero-order valence-electron chi connectivity index (χ0n) is 10.9. The second kappa shape index (κ2) is 6.02. The van der Waals surface area contributed by atoms with Gasteiger partial charge in [0.05, 0.1) is 0 Å². The van der Waals surface area contributed by atoms with Crippen molar-refractivity contribution in [3.05, 3.63) is 0 Å². The number of hydrogen-bond acceptors (Lipinski definition) is 2. The standard InChI is InChI=1S/C14H27NO/c1-11(2)14(13-6-7-13)15-8-3-9-16-10-12-4-5-12/h11-15H,3-10H2,1-2H3. The Balaban J connectivity index is 1.45. The molecule has 1 N–H and O–H groups in total. The van der Waals surface area contributed by atoms with E-state index in [4.69, 9.17) is 4.74 Å². The second-order valence-corrected chi connectivity index (χ2v) is 5.93. The molecule has 1 unspecified atom stereocenters. The van der Waals surface area contributed by atoms with Crippen LogP contribution < -0.4 is 5.32 Å². The fourth-order valence-corrected chi connectivity index (χ4v) is 2.38. The van der Waals surface area contributed by atoms with Crippen LogP contribution in [0.5, 0.6) is 0 Å². The normalized spacial score (nSPS) is 22.7. The maximum atomic E-state index is 5.64. The summed E-state index contributed by atoms with van der Waals surface area (Å²) in [7, 11) is 0. The maximum Gasteiger partial charge on any atom is 0.0494 e. The van der Waals surface area contributed by atoms with E-state index in [0.717, 1.165) is 43.6 Å². The first-order valence-corrected chi connectivity index (χ1v) is 7.08. The molecule has 0 bridgehead atoms. The molecule has 2 heteroatoms. The van der Waals surface area contributed by atoms with Crippen LogP contribution >= 0.6 is 0 Å². The minimum Gasteiger partial charge on any atom is -0.381 e. The molecule has 2 aliphatic rings. The van der Waals surface area contributed by atoms with Gasteiger partial charge in [0.25, 0.3) is 0 Å². The molecule has 0 aromatic rings. The molecule has 0 heterocycles. The number of nitrogens with one attached hydrogen (secondary N) is 1. The van der Waals surface area contributed by atoms with Crippen molar-refractivity contribution in [2.75, 3.05) is 19.8 Å². The van der Waals surface area contributed by atoms with Crippen LogP contribution in [0.2, 0.25) is 0 Å². The molecular weight excluding hydrogens is 198 g/mol. The molecule has 0 saturated heterocycles. The van der Waals surface area contributed by atoms with Crippen molar-refractivity contribution >= 4 is 0 Å². The minimum atomic E-state index is 0.753. The molecule has 0 aromatic carbocycles. The van der Waals surface area contributed by atoms with Crippen LogP contribution in [0.1, 0.15) is 46.0 Å². The van der Waals surface area contributed by atoms with E-state index in [1.165, 1.54) is 32.1 Å². The lowest BCUT2D eigenvalue weighted by molar-refractivity contribution is 0.121. The molecule has 2 nitrogen and oxygen atoms in total. The van der Waals surface area contributed by atoms with E-state index in [1.807, 2.05) is 0 Å². The lowest BCUT2D eigenvalue weighted by Gasteiger charge is -2.22. The summed E-state index contributed by atoms with van der Waals surface area (Å²) in [6.45, 7) is 7.75. The number of hydrogen-bond donors (Lipinski definition) is 1. The summed E-state index contributed by atoms with van der Waals surface area (Å²) in [5.41, 5.74) is 0. The topological polar surface area (TPSA) is 21.3 Å². The van der Waals surface area contributed by atoms with E-state index < -0.39 is 0 Å². The highest BCUT2D eigenvalue weighted by molar-refractivity contribution is 4.88. The first-order valence-electron chi connectivity index (χ1n) is 7.08. The Morgan fingerprint density at radius 2 is 1.94 bits per heavy atom. The van der Waals surface area contributed by atoms with Gasteiger partial charge in [-0.25, -0.2) is 0 Å². The smallest absolute Gasteiger partial charge is 0.0494 e. The Bertz CT molecular complexity index is 195. The Morgan fingerprint density at radius 3 is 2.50 bits per heavy atom. The van der Waals surface area contributed by atoms with Gasteiger partial charge in [0.2, 0.25) is 0 Å². The minimum absolute atomic E-state index is 0.753. The van der Waals surface area contributed by atoms with Crippen LogP contribution in [-0.2, 0) is 4.74 Å². The van der Waals surface area contributed by atoms with E-state index in [-0.39, 0.29) is 0 Å². The molecule has 16 heavy (non-hydrogen) atoms.